The van der Waals surface area contributed by atoms with E-state index >= 15 is 0 Å². The number of fused-ring (bicyclic) bond motifs is 1. The van der Waals surface area contributed by atoms with Crippen LogP contribution in [0.4, 0.5) is 0 Å². The second-order valence-electron chi connectivity index (χ2n) is 5.24. The molecule has 0 unspecified atom stereocenters. The minimum atomic E-state index is 0.187. The highest BCUT2D eigenvalue weighted by Crippen LogP contribution is 2.07. The van der Waals surface area contributed by atoms with Crippen LogP contribution < -0.4 is 5.32 Å². The Morgan fingerprint density at radius 2 is 2.20 bits per heavy atom. The number of hydrogen-bond donors (Lipinski definition) is 1. The van der Waals surface area contributed by atoms with E-state index in [1.807, 2.05) is 30.3 Å². The molecule has 0 bridgehead atoms. The van der Waals surface area contributed by atoms with Crippen LogP contribution in [0.1, 0.15) is 24.1 Å². The Kier molecular flexibility index (Phi) is 3.64. The predicted molar refractivity (Wildman–Crippen MR) is 75.2 cm³/mol. The lowest BCUT2D eigenvalue weighted by Crippen LogP contribution is -2.36. The molecule has 3 heterocycles. The first-order chi connectivity index (χ1) is 9.72. The van der Waals surface area contributed by atoms with Gasteiger partial charge in [-0.15, -0.1) is 0 Å². The zero-order chi connectivity index (χ0) is 13.9. The van der Waals surface area contributed by atoms with Crippen LogP contribution in [-0.4, -0.2) is 45.0 Å². The first-order valence-corrected chi connectivity index (χ1v) is 7.02. The summed E-state index contributed by atoms with van der Waals surface area (Å²) in [5.74, 6) is 0.187. The average molecular weight is 273 g/mol. The number of likely N-dealkylation sites (tertiary alicyclic amines) is 1. The van der Waals surface area contributed by atoms with Crippen molar-refractivity contribution in [2.75, 3.05) is 19.6 Å². The van der Waals surface area contributed by atoms with Crippen molar-refractivity contribution in [2.24, 2.45) is 0 Å². The molecule has 6 nitrogen and oxygen atoms in total. The van der Waals surface area contributed by atoms with Gasteiger partial charge in [-0.3, -0.25) is 4.79 Å². The SMILES string of the molecule is Cc1cc2ncc(CNCC(=O)N3CCCC3)cn2n1. The minimum absolute atomic E-state index is 0.187. The van der Waals surface area contributed by atoms with E-state index in [-0.39, 0.29) is 5.91 Å². The van der Waals surface area contributed by atoms with Crippen molar-refractivity contribution in [2.45, 2.75) is 26.3 Å². The molecule has 0 saturated carbocycles. The normalized spacial score (nSPS) is 15.2. The molecule has 2 aromatic heterocycles. The van der Waals surface area contributed by atoms with Gasteiger partial charge in [0.25, 0.3) is 0 Å². The quantitative estimate of drug-likeness (QED) is 0.893. The summed E-state index contributed by atoms with van der Waals surface area (Å²) in [5.41, 5.74) is 2.82. The largest absolute Gasteiger partial charge is 0.342 e. The highest BCUT2D eigenvalue weighted by Gasteiger charge is 2.16. The maximum absolute atomic E-state index is 11.9. The molecule has 20 heavy (non-hydrogen) atoms. The van der Waals surface area contributed by atoms with Crippen LogP contribution in [0.3, 0.4) is 0 Å². The summed E-state index contributed by atoms with van der Waals surface area (Å²) >= 11 is 0. The second-order valence-corrected chi connectivity index (χ2v) is 5.24. The lowest BCUT2D eigenvalue weighted by molar-refractivity contribution is -0.129. The van der Waals surface area contributed by atoms with Gasteiger partial charge in [-0.1, -0.05) is 0 Å². The average Bonchev–Trinajstić information content (AvgIpc) is 3.05. The molecule has 6 heteroatoms. The van der Waals surface area contributed by atoms with E-state index in [1.165, 1.54) is 0 Å². The molecule has 106 valence electrons. The first kappa shape index (κ1) is 13.1. The van der Waals surface area contributed by atoms with Crippen LogP contribution in [-0.2, 0) is 11.3 Å². The summed E-state index contributed by atoms with van der Waals surface area (Å²) in [6.45, 7) is 4.76. The zero-order valence-corrected chi connectivity index (χ0v) is 11.7. The van der Waals surface area contributed by atoms with E-state index < -0.39 is 0 Å². The Bertz CT molecular complexity index is 615. The van der Waals surface area contributed by atoms with E-state index in [4.69, 9.17) is 0 Å². The topological polar surface area (TPSA) is 62.5 Å². The third-order valence-electron chi connectivity index (χ3n) is 3.55. The maximum Gasteiger partial charge on any atom is 0.236 e. The van der Waals surface area contributed by atoms with Gasteiger partial charge in [-0.05, 0) is 19.8 Å². The monoisotopic (exact) mass is 273 g/mol. The van der Waals surface area contributed by atoms with Gasteiger partial charge in [0.15, 0.2) is 5.65 Å². The molecule has 0 aliphatic carbocycles. The van der Waals surface area contributed by atoms with E-state index in [0.717, 1.165) is 42.8 Å². The van der Waals surface area contributed by atoms with Gasteiger partial charge < -0.3 is 10.2 Å². The molecule has 0 radical (unpaired) electrons. The number of rotatable bonds is 4. The molecule has 1 saturated heterocycles. The van der Waals surface area contributed by atoms with Crippen molar-refractivity contribution in [1.29, 1.82) is 0 Å². The molecule has 0 atom stereocenters. The fourth-order valence-electron chi connectivity index (χ4n) is 2.52. The van der Waals surface area contributed by atoms with Gasteiger partial charge in [0.05, 0.1) is 12.2 Å². The Balaban J connectivity index is 1.55. The molecule has 1 amide bonds. The van der Waals surface area contributed by atoms with Gasteiger partial charge >= 0.3 is 0 Å². The van der Waals surface area contributed by atoms with Crippen molar-refractivity contribution < 1.29 is 4.79 Å². The third-order valence-corrected chi connectivity index (χ3v) is 3.55. The van der Waals surface area contributed by atoms with Crippen molar-refractivity contribution in [1.82, 2.24) is 24.8 Å². The van der Waals surface area contributed by atoms with Crippen LogP contribution in [0.25, 0.3) is 5.65 Å². The van der Waals surface area contributed by atoms with Crippen LogP contribution in [0.5, 0.6) is 0 Å². The lowest BCUT2D eigenvalue weighted by atomic mass is 10.3. The third kappa shape index (κ3) is 2.80. The molecule has 1 aliphatic heterocycles. The Morgan fingerprint density at radius 3 is 3.00 bits per heavy atom. The molecule has 1 N–H and O–H groups in total. The number of aryl methyl sites for hydroxylation is 1. The maximum atomic E-state index is 11.9. The van der Waals surface area contributed by atoms with Gasteiger partial charge in [0.2, 0.25) is 5.91 Å². The highest BCUT2D eigenvalue weighted by molar-refractivity contribution is 5.78. The fraction of sp³-hybridized carbons (Fsp3) is 0.500. The van der Waals surface area contributed by atoms with Crippen molar-refractivity contribution in [3.63, 3.8) is 0 Å². The van der Waals surface area contributed by atoms with E-state index in [0.29, 0.717) is 13.1 Å². The van der Waals surface area contributed by atoms with Gasteiger partial charge in [0.1, 0.15) is 0 Å². The Labute approximate surface area is 117 Å². The van der Waals surface area contributed by atoms with Crippen molar-refractivity contribution in [3.8, 4) is 0 Å². The standard InChI is InChI=1S/C14H19N5O/c1-11-6-13-16-8-12(10-19(13)17-11)7-15-9-14(20)18-4-2-3-5-18/h6,8,10,15H,2-5,7,9H2,1H3. The van der Waals surface area contributed by atoms with E-state index in [2.05, 4.69) is 15.4 Å². The summed E-state index contributed by atoms with van der Waals surface area (Å²) in [6.07, 6.45) is 6.03. The predicted octanol–water partition coefficient (Wildman–Crippen LogP) is 0.750. The Hall–Kier alpha value is -1.95. The van der Waals surface area contributed by atoms with E-state index in [9.17, 15) is 4.79 Å². The molecule has 1 fully saturated rings. The number of hydrogen-bond acceptors (Lipinski definition) is 4. The van der Waals surface area contributed by atoms with Crippen LogP contribution in [0, 0.1) is 6.92 Å². The first-order valence-electron chi connectivity index (χ1n) is 7.02. The Morgan fingerprint density at radius 1 is 1.40 bits per heavy atom. The van der Waals surface area contributed by atoms with E-state index in [1.54, 1.807) is 4.52 Å². The molecule has 2 aromatic rings. The number of amides is 1. The summed E-state index contributed by atoms with van der Waals surface area (Å²) in [4.78, 5) is 18.1. The second kappa shape index (κ2) is 5.58. The molecular weight excluding hydrogens is 254 g/mol. The molecule has 1 aliphatic rings. The fourth-order valence-corrected chi connectivity index (χ4v) is 2.52. The summed E-state index contributed by atoms with van der Waals surface area (Å²) in [5, 5.41) is 7.51. The molecular formula is C14H19N5O. The molecule has 0 spiro atoms. The number of carbonyl (C=O) groups is 1. The number of nitrogens with zero attached hydrogens (tertiary/aromatic N) is 4. The zero-order valence-electron chi connectivity index (χ0n) is 11.7. The highest BCUT2D eigenvalue weighted by atomic mass is 16.2. The summed E-state index contributed by atoms with van der Waals surface area (Å²) in [7, 11) is 0. The summed E-state index contributed by atoms with van der Waals surface area (Å²) < 4.78 is 1.77. The number of carbonyl (C=O) groups excluding carboxylic acids is 1. The molecule has 3 rings (SSSR count). The van der Waals surface area contributed by atoms with Crippen LogP contribution in [0.15, 0.2) is 18.5 Å². The minimum Gasteiger partial charge on any atom is -0.342 e. The lowest BCUT2D eigenvalue weighted by Gasteiger charge is -2.15. The summed E-state index contributed by atoms with van der Waals surface area (Å²) in [6, 6.07) is 1.94. The van der Waals surface area contributed by atoms with Crippen molar-refractivity contribution >= 4 is 11.6 Å². The van der Waals surface area contributed by atoms with Gasteiger partial charge in [0, 0.05) is 43.7 Å². The number of nitrogens with one attached hydrogen (secondary N) is 1. The van der Waals surface area contributed by atoms with Gasteiger partial charge in [-0.2, -0.15) is 5.10 Å². The van der Waals surface area contributed by atoms with Gasteiger partial charge in [-0.25, -0.2) is 9.50 Å². The number of aromatic nitrogens is 3. The molecule has 0 aromatic carbocycles. The van der Waals surface area contributed by atoms with Crippen LogP contribution in [0.2, 0.25) is 0 Å². The van der Waals surface area contributed by atoms with Crippen molar-refractivity contribution in [3.05, 3.63) is 29.7 Å². The smallest absolute Gasteiger partial charge is 0.236 e. The van der Waals surface area contributed by atoms with Crippen LogP contribution >= 0.6 is 0 Å².